The minimum absolute atomic E-state index is 0.0178. The lowest BCUT2D eigenvalue weighted by molar-refractivity contribution is -0.118. The number of rotatable bonds is 5. The van der Waals surface area contributed by atoms with Crippen LogP contribution in [-0.4, -0.2) is 58.7 Å². The molecule has 0 aliphatic carbocycles. The molecule has 1 fully saturated rings. The van der Waals surface area contributed by atoms with Gasteiger partial charge in [0.2, 0.25) is 5.91 Å². The molecule has 1 aromatic carbocycles. The van der Waals surface area contributed by atoms with Gasteiger partial charge in [0.1, 0.15) is 0 Å². The molecular formula is C19H27N5O. The predicted molar refractivity (Wildman–Crippen MR) is 99.5 cm³/mol. The Bertz CT molecular complexity index is 712. The van der Waals surface area contributed by atoms with Crippen LogP contribution in [0.3, 0.4) is 0 Å². The summed E-state index contributed by atoms with van der Waals surface area (Å²) < 4.78 is 1.84. The average molecular weight is 341 g/mol. The molecule has 0 saturated carbocycles. The molecule has 1 amide bonds. The van der Waals surface area contributed by atoms with Crippen LogP contribution >= 0.6 is 0 Å². The molecule has 2 aromatic rings. The van der Waals surface area contributed by atoms with Crippen LogP contribution in [0.15, 0.2) is 36.5 Å². The molecule has 1 unspecified atom stereocenters. The van der Waals surface area contributed by atoms with Gasteiger partial charge in [0.15, 0.2) is 0 Å². The van der Waals surface area contributed by atoms with Gasteiger partial charge in [0, 0.05) is 38.4 Å². The van der Waals surface area contributed by atoms with E-state index in [9.17, 15) is 4.79 Å². The first-order valence-corrected chi connectivity index (χ1v) is 8.88. The van der Waals surface area contributed by atoms with Crippen molar-refractivity contribution < 1.29 is 4.79 Å². The molecule has 3 rings (SSSR count). The van der Waals surface area contributed by atoms with Crippen molar-refractivity contribution in [2.75, 3.05) is 38.5 Å². The van der Waals surface area contributed by atoms with Crippen LogP contribution in [0.1, 0.15) is 24.2 Å². The third-order valence-electron chi connectivity index (χ3n) is 4.77. The molecule has 1 atom stereocenters. The topological polar surface area (TPSA) is 53.4 Å². The zero-order valence-corrected chi connectivity index (χ0v) is 15.3. The highest BCUT2D eigenvalue weighted by molar-refractivity contribution is 5.92. The number of likely N-dealkylation sites (N-methyl/N-ethyl adjacent to an activating group) is 1. The van der Waals surface area contributed by atoms with Crippen molar-refractivity contribution in [3.05, 3.63) is 47.8 Å². The van der Waals surface area contributed by atoms with Gasteiger partial charge >= 0.3 is 0 Å². The van der Waals surface area contributed by atoms with Gasteiger partial charge in [-0.1, -0.05) is 30.3 Å². The summed E-state index contributed by atoms with van der Waals surface area (Å²) in [4.78, 5) is 17.2. The van der Waals surface area contributed by atoms with Crippen molar-refractivity contribution in [3.63, 3.8) is 0 Å². The Morgan fingerprint density at radius 1 is 1.28 bits per heavy atom. The number of amides is 1. The number of aryl methyl sites for hydroxylation is 2. The lowest BCUT2D eigenvalue weighted by Crippen LogP contribution is -2.49. The van der Waals surface area contributed by atoms with Crippen molar-refractivity contribution in [1.82, 2.24) is 19.6 Å². The highest BCUT2D eigenvalue weighted by Crippen LogP contribution is 2.24. The molecule has 1 N–H and O–H groups in total. The minimum atomic E-state index is 0.0178. The van der Waals surface area contributed by atoms with Crippen molar-refractivity contribution in [2.24, 2.45) is 0 Å². The van der Waals surface area contributed by atoms with Gasteiger partial charge in [-0.2, -0.15) is 5.10 Å². The number of nitrogens with one attached hydrogen (secondary N) is 1. The lowest BCUT2D eigenvalue weighted by atomic mass is 10.0. The third-order valence-corrected chi connectivity index (χ3v) is 4.77. The van der Waals surface area contributed by atoms with Crippen molar-refractivity contribution in [2.45, 2.75) is 26.4 Å². The summed E-state index contributed by atoms with van der Waals surface area (Å²) in [7, 11) is 2.13. The molecule has 1 aliphatic rings. The number of hydrogen-bond acceptors (Lipinski definition) is 4. The predicted octanol–water partition coefficient (Wildman–Crippen LogP) is 2.14. The van der Waals surface area contributed by atoms with Crippen molar-refractivity contribution in [1.29, 1.82) is 0 Å². The first-order chi connectivity index (χ1) is 12.1. The van der Waals surface area contributed by atoms with E-state index in [4.69, 9.17) is 0 Å². The molecule has 0 spiro atoms. The fourth-order valence-electron chi connectivity index (χ4n) is 3.31. The van der Waals surface area contributed by atoms with E-state index < -0.39 is 0 Å². The van der Waals surface area contributed by atoms with Crippen LogP contribution in [-0.2, 0) is 11.3 Å². The van der Waals surface area contributed by atoms with E-state index in [-0.39, 0.29) is 11.9 Å². The summed E-state index contributed by atoms with van der Waals surface area (Å²) in [6, 6.07) is 10.7. The van der Waals surface area contributed by atoms with E-state index in [1.165, 1.54) is 5.56 Å². The SMILES string of the molecule is CCn1cc(NC(=O)CN2CCN(C)CC2c2ccccc2)c(C)n1. The summed E-state index contributed by atoms with van der Waals surface area (Å²) in [5.41, 5.74) is 2.92. The second kappa shape index (κ2) is 7.80. The fourth-order valence-corrected chi connectivity index (χ4v) is 3.31. The second-order valence-electron chi connectivity index (χ2n) is 6.69. The monoisotopic (exact) mass is 341 g/mol. The summed E-state index contributed by atoms with van der Waals surface area (Å²) in [5.74, 6) is 0.0178. The molecule has 1 saturated heterocycles. The number of hydrogen-bond donors (Lipinski definition) is 1. The van der Waals surface area contributed by atoms with Gasteiger partial charge in [-0.05, 0) is 26.5 Å². The maximum Gasteiger partial charge on any atom is 0.238 e. The zero-order chi connectivity index (χ0) is 17.8. The Labute approximate surface area is 149 Å². The fraction of sp³-hybridized carbons (Fsp3) is 0.474. The van der Waals surface area contributed by atoms with Crippen LogP contribution in [0.2, 0.25) is 0 Å². The van der Waals surface area contributed by atoms with E-state index in [0.717, 1.165) is 37.6 Å². The van der Waals surface area contributed by atoms with Crippen LogP contribution in [0.5, 0.6) is 0 Å². The summed E-state index contributed by atoms with van der Waals surface area (Å²) in [6.45, 7) is 7.94. The van der Waals surface area contributed by atoms with E-state index in [2.05, 4.69) is 51.5 Å². The zero-order valence-electron chi connectivity index (χ0n) is 15.3. The van der Waals surface area contributed by atoms with Gasteiger partial charge in [-0.25, -0.2) is 0 Å². The van der Waals surface area contributed by atoms with Crippen LogP contribution in [0, 0.1) is 6.92 Å². The standard InChI is InChI=1S/C19H27N5O/c1-4-24-12-17(15(2)21-24)20-19(25)14-23-11-10-22(3)13-18(23)16-8-6-5-7-9-16/h5-9,12,18H,4,10-11,13-14H2,1-3H3,(H,20,25). The van der Waals surface area contributed by atoms with Gasteiger partial charge in [-0.15, -0.1) is 0 Å². The summed E-state index contributed by atoms with van der Waals surface area (Å²) in [5, 5.41) is 7.40. The number of carbonyl (C=O) groups excluding carboxylic acids is 1. The average Bonchev–Trinajstić information content (AvgIpc) is 2.97. The van der Waals surface area contributed by atoms with Crippen LogP contribution in [0.25, 0.3) is 0 Å². The highest BCUT2D eigenvalue weighted by Gasteiger charge is 2.28. The number of carbonyl (C=O) groups is 1. The van der Waals surface area contributed by atoms with Crippen molar-refractivity contribution >= 4 is 11.6 Å². The summed E-state index contributed by atoms with van der Waals surface area (Å²) >= 11 is 0. The Hall–Kier alpha value is -2.18. The number of anilines is 1. The summed E-state index contributed by atoms with van der Waals surface area (Å²) in [6.07, 6.45) is 1.89. The highest BCUT2D eigenvalue weighted by atomic mass is 16.2. The normalized spacial score (nSPS) is 19.1. The van der Waals surface area contributed by atoms with Gasteiger partial charge in [-0.3, -0.25) is 14.4 Å². The van der Waals surface area contributed by atoms with Gasteiger partial charge in [0.05, 0.1) is 17.9 Å². The molecular weight excluding hydrogens is 314 g/mol. The first kappa shape index (κ1) is 17.6. The van der Waals surface area contributed by atoms with E-state index >= 15 is 0 Å². The van der Waals surface area contributed by atoms with Crippen LogP contribution < -0.4 is 5.32 Å². The molecule has 134 valence electrons. The molecule has 6 heteroatoms. The Balaban J connectivity index is 1.68. The maximum atomic E-state index is 12.6. The number of aromatic nitrogens is 2. The number of piperazine rings is 1. The van der Waals surface area contributed by atoms with Gasteiger partial charge in [0.25, 0.3) is 0 Å². The van der Waals surface area contributed by atoms with E-state index in [0.29, 0.717) is 6.54 Å². The lowest BCUT2D eigenvalue weighted by Gasteiger charge is -2.39. The minimum Gasteiger partial charge on any atom is -0.322 e. The Kier molecular flexibility index (Phi) is 5.50. The third kappa shape index (κ3) is 4.27. The Morgan fingerprint density at radius 3 is 2.72 bits per heavy atom. The van der Waals surface area contributed by atoms with E-state index in [1.807, 2.05) is 30.8 Å². The Morgan fingerprint density at radius 2 is 2.04 bits per heavy atom. The van der Waals surface area contributed by atoms with Crippen molar-refractivity contribution in [3.8, 4) is 0 Å². The van der Waals surface area contributed by atoms with Gasteiger partial charge < -0.3 is 10.2 Å². The van der Waals surface area contributed by atoms with Crippen LogP contribution in [0.4, 0.5) is 5.69 Å². The molecule has 1 aromatic heterocycles. The molecule has 0 radical (unpaired) electrons. The first-order valence-electron chi connectivity index (χ1n) is 8.88. The molecule has 0 bridgehead atoms. The quantitative estimate of drug-likeness (QED) is 0.905. The number of nitrogens with zero attached hydrogens (tertiary/aromatic N) is 4. The molecule has 6 nitrogen and oxygen atoms in total. The molecule has 25 heavy (non-hydrogen) atoms. The molecule has 1 aliphatic heterocycles. The smallest absolute Gasteiger partial charge is 0.238 e. The second-order valence-corrected chi connectivity index (χ2v) is 6.69. The number of benzene rings is 1. The largest absolute Gasteiger partial charge is 0.322 e. The maximum absolute atomic E-state index is 12.6. The van der Waals surface area contributed by atoms with E-state index in [1.54, 1.807) is 0 Å². The molecule has 2 heterocycles.